The van der Waals surface area contributed by atoms with Gasteiger partial charge in [0.1, 0.15) is 5.76 Å². The van der Waals surface area contributed by atoms with Crippen molar-refractivity contribution in [3.8, 4) is 0 Å². The lowest BCUT2D eigenvalue weighted by Gasteiger charge is -2.12. The molecule has 4 heteroatoms. The Balaban J connectivity index is 1.85. The Morgan fingerprint density at radius 3 is 2.89 bits per heavy atom. The molecular weight excluding hydrogens is 314 g/mol. The van der Waals surface area contributed by atoms with Crippen molar-refractivity contribution in [3.63, 3.8) is 0 Å². The summed E-state index contributed by atoms with van der Waals surface area (Å²) < 4.78 is 6.26. The molecule has 0 saturated carbocycles. The molecular formula is C14H15BrClNO. The van der Waals surface area contributed by atoms with Crippen LogP contribution in [-0.2, 0) is 13.0 Å². The summed E-state index contributed by atoms with van der Waals surface area (Å²) in [6.45, 7) is 2.96. The minimum atomic E-state index is 0.366. The predicted octanol–water partition coefficient (Wildman–Crippen LogP) is 4.42. The Kier molecular flexibility index (Phi) is 4.87. The third-order valence-corrected chi connectivity index (χ3v) is 3.94. The molecule has 0 bridgehead atoms. The number of hydrogen-bond acceptors (Lipinski definition) is 2. The van der Waals surface area contributed by atoms with Crippen molar-refractivity contribution in [1.29, 1.82) is 0 Å². The second kappa shape index (κ2) is 6.41. The third-order valence-electron chi connectivity index (χ3n) is 2.73. The zero-order chi connectivity index (χ0) is 13.0. The lowest BCUT2D eigenvalue weighted by molar-refractivity contribution is 0.456. The Hall–Kier alpha value is -0.770. The first-order chi connectivity index (χ1) is 8.65. The summed E-state index contributed by atoms with van der Waals surface area (Å²) in [6, 6.07) is 10.2. The Labute approximate surface area is 120 Å². The van der Waals surface area contributed by atoms with Gasteiger partial charge in [0, 0.05) is 23.5 Å². The molecule has 1 unspecified atom stereocenters. The molecule has 1 atom stereocenters. The van der Waals surface area contributed by atoms with Crippen LogP contribution in [0.15, 0.2) is 45.5 Å². The third kappa shape index (κ3) is 3.87. The minimum absolute atomic E-state index is 0.366. The van der Waals surface area contributed by atoms with E-state index in [9.17, 15) is 0 Å². The van der Waals surface area contributed by atoms with Gasteiger partial charge in [0.05, 0.1) is 11.3 Å². The van der Waals surface area contributed by atoms with Gasteiger partial charge < -0.3 is 9.73 Å². The average molecular weight is 329 g/mol. The summed E-state index contributed by atoms with van der Waals surface area (Å²) >= 11 is 9.39. The monoisotopic (exact) mass is 327 g/mol. The van der Waals surface area contributed by atoms with Gasteiger partial charge in [-0.15, -0.1) is 0 Å². The molecule has 1 aromatic carbocycles. The van der Waals surface area contributed by atoms with Crippen molar-refractivity contribution in [2.24, 2.45) is 0 Å². The molecule has 0 fully saturated rings. The highest BCUT2D eigenvalue weighted by Crippen LogP contribution is 2.23. The lowest BCUT2D eigenvalue weighted by atomic mass is 10.1. The molecule has 2 nitrogen and oxygen atoms in total. The van der Waals surface area contributed by atoms with Crippen LogP contribution < -0.4 is 5.32 Å². The number of benzene rings is 1. The van der Waals surface area contributed by atoms with E-state index in [0.29, 0.717) is 6.04 Å². The highest BCUT2D eigenvalue weighted by molar-refractivity contribution is 9.10. The van der Waals surface area contributed by atoms with E-state index >= 15 is 0 Å². The first kappa shape index (κ1) is 13.7. The fraction of sp³-hybridized carbons (Fsp3) is 0.286. The number of rotatable bonds is 5. The molecule has 2 aromatic rings. The van der Waals surface area contributed by atoms with Gasteiger partial charge in [0.15, 0.2) is 0 Å². The van der Waals surface area contributed by atoms with Crippen LogP contribution in [0.5, 0.6) is 0 Å². The van der Waals surface area contributed by atoms with E-state index < -0.39 is 0 Å². The molecule has 2 rings (SSSR count). The van der Waals surface area contributed by atoms with Gasteiger partial charge >= 0.3 is 0 Å². The minimum Gasteiger partial charge on any atom is -0.469 e. The Morgan fingerprint density at radius 1 is 1.39 bits per heavy atom. The summed E-state index contributed by atoms with van der Waals surface area (Å²) in [5.41, 5.74) is 1.21. The average Bonchev–Trinajstić information content (AvgIpc) is 2.83. The molecule has 1 aromatic heterocycles. The zero-order valence-corrected chi connectivity index (χ0v) is 12.5. The van der Waals surface area contributed by atoms with Crippen LogP contribution in [0.1, 0.15) is 18.2 Å². The van der Waals surface area contributed by atoms with Crippen LogP contribution in [-0.4, -0.2) is 6.04 Å². The first-order valence-corrected chi connectivity index (χ1v) is 7.02. The fourth-order valence-electron chi connectivity index (χ4n) is 1.74. The summed E-state index contributed by atoms with van der Waals surface area (Å²) in [7, 11) is 0. The number of furan rings is 1. The SMILES string of the molecule is CC(Cc1ccco1)NCc1ccc(Cl)c(Br)c1. The molecule has 1 heterocycles. The van der Waals surface area contributed by atoms with Gasteiger partial charge in [0.25, 0.3) is 0 Å². The van der Waals surface area contributed by atoms with Crippen LogP contribution in [0.2, 0.25) is 5.02 Å². The van der Waals surface area contributed by atoms with Crippen LogP contribution in [0.4, 0.5) is 0 Å². The summed E-state index contributed by atoms with van der Waals surface area (Å²) in [5, 5.41) is 4.20. The second-order valence-corrected chi connectivity index (χ2v) is 5.58. The highest BCUT2D eigenvalue weighted by Gasteiger charge is 2.06. The molecule has 18 heavy (non-hydrogen) atoms. The van der Waals surface area contributed by atoms with Crippen molar-refractivity contribution in [1.82, 2.24) is 5.32 Å². The topological polar surface area (TPSA) is 25.2 Å². The van der Waals surface area contributed by atoms with Crippen LogP contribution in [0.25, 0.3) is 0 Å². The van der Waals surface area contributed by atoms with E-state index in [1.165, 1.54) is 5.56 Å². The predicted molar refractivity (Wildman–Crippen MR) is 77.9 cm³/mol. The van der Waals surface area contributed by atoms with Crippen LogP contribution in [0, 0.1) is 0 Å². The molecule has 0 amide bonds. The molecule has 96 valence electrons. The van der Waals surface area contributed by atoms with E-state index in [1.807, 2.05) is 30.3 Å². The number of halogens is 2. The van der Waals surface area contributed by atoms with E-state index in [4.69, 9.17) is 16.0 Å². The number of hydrogen-bond donors (Lipinski definition) is 1. The van der Waals surface area contributed by atoms with E-state index in [0.717, 1.165) is 28.2 Å². The quantitative estimate of drug-likeness (QED) is 0.879. The van der Waals surface area contributed by atoms with Gasteiger partial charge in [0.2, 0.25) is 0 Å². The summed E-state index contributed by atoms with van der Waals surface area (Å²) in [4.78, 5) is 0. The molecule has 0 aliphatic heterocycles. The van der Waals surface area contributed by atoms with Gasteiger partial charge in [-0.05, 0) is 52.7 Å². The molecule has 0 aliphatic rings. The van der Waals surface area contributed by atoms with Gasteiger partial charge in [-0.1, -0.05) is 17.7 Å². The van der Waals surface area contributed by atoms with Gasteiger partial charge in [-0.3, -0.25) is 0 Å². The largest absolute Gasteiger partial charge is 0.469 e. The van der Waals surface area contributed by atoms with Crippen LogP contribution in [0.3, 0.4) is 0 Å². The number of nitrogens with one attached hydrogen (secondary N) is 1. The van der Waals surface area contributed by atoms with Crippen molar-refractivity contribution >= 4 is 27.5 Å². The maximum Gasteiger partial charge on any atom is 0.105 e. The molecule has 0 saturated heterocycles. The lowest BCUT2D eigenvalue weighted by Crippen LogP contribution is -2.27. The van der Waals surface area contributed by atoms with Gasteiger partial charge in [-0.25, -0.2) is 0 Å². The highest BCUT2D eigenvalue weighted by atomic mass is 79.9. The van der Waals surface area contributed by atoms with E-state index in [-0.39, 0.29) is 0 Å². The summed E-state index contributed by atoms with van der Waals surface area (Å²) in [5.74, 6) is 1.01. The van der Waals surface area contributed by atoms with E-state index in [2.05, 4.69) is 28.2 Å². The molecule has 1 N–H and O–H groups in total. The Bertz CT molecular complexity index is 499. The first-order valence-electron chi connectivity index (χ1n) is 5.85. The van der Waals surface area contributed by atoms with Crippen molar-refractivity contribution < 1.29 is 4.42 Å². The standard InChI is InChI=1S/C14H15BrClNO/c1-10(7-12-3-2-6-18-12)17-9-11-4-5-14(16)13(15)8-11/h2-6,8,10,17H,7,9H2,1H3. The summed E-state index contributed by atoms with van der Waals surface area (Å²) in [6.07, 6.45) is 2.60. The maximum absolute atomic E-state index is 5.96. The zero-order valence-electron chi connectivity index (χ0n) is 10.1. The second-order valence-electron chi connectivity index (χ2n) is 4.31. The van der Waals surface area contributed by atoms with Crippen molar-refractivity contribution in [2.75, 3.05) is 0 Å². The normalized spacial score (nSPS) is 12.6. The van der Waals surface area contributed by atoms with E-state index in [1.54, 1.807) is 6.26 Å². The molecule has 0 aliphatic carbocycles. The fourth-order valence-corrected chi connectivity index (χ4v) is 2.29. The van der Waals surface area contributed by atoms with Gasteiger partial charge in [-0.2, -0.15) is 0 Å². The maximum atomic E-state index is 5.96. The molecule has 0 radical (unpaired) electrons. The van der Waals surface area contributed by atoms with Crippen molar-refractivity contribution in [2.45, 2.75) is 25.9 Å². The van der Waals surface area contributed by atoms with Crippen molar-refractivity contribution in [3.05, 3.63) is 57.4 Å². The van der Waals surface area contributed by atoms with Crippen LogP contribution >= 0.6 is 27.5 Å². The molecule has 0 spiro atoms. The Morgan fingerprint density at radius 2 is 2.22 bits per heavy atom. The smallest absolute Gasteiger partial charge is 0.105 e.